The molecule has 1 rings (SSSR count). The lowest BCUT2D eigenvalue weighted by Crippen LogP contribution is -2.36. The smallest absolute Gasteiger partial charge is 0.311 e. The van der Waals surface area contributed by atoms with Gasteiger partial charge in [0.15, 0.2) is 5.75 Å². The summed E-state index contributed by atoms with van der Waals surface area (Å²) in [7, 11) is 1.33. The molecule has 0 fully saturated rings. The van der Waals surface area contributed by atoms with Crippen LogP contribution in [0, 0.1) is 16.0 Å². The van der Waals surface area contributed by atoms with Gasteiger partial charge in [-0.2, -0.15) is 0 Å². The maximum atomic E-state index is 12.7. The SMILES string of the molecule is CCOC(=O)CCN(CC(C)C)C(=O)c1ccc(OC)c([N+](=O)[O-])c1. The Balaban J connectivity index is 3.01. The van der Waals surface area contributed by atoms with Crippen molar-refractivity contribution in [3.8, 4) is 5.75 Å². The number of nitrogens with zero attached hydrogens (tertiary/aromatic N) is 2. The van der Waals surface area contributed by atoms with E-state index in [4.69, 9.17) is 9.47 Å². The first-order valence-electron chi connectivity index (χ1n) is 8.07. The Labute approximate surface area is 146 Å². The Bertz CT molecular complexity index is 630. The summed E-state index contributed by atoms with van der Waals surface area (Å²) in [5.41, 5.74) is -0.0970. The Morgan fingerprint density at radius 1 is 1.32 bits per heavy atom. The van der Waals surface area contributed by atoms with Crippen LogP contribution < -0.4 is 4.74 Å². The van der Waals surface area contributed by atoms with Crippen molar-refractivity contribution in [3.05, 3.63) is 33.9 Å². The number of esters is 1. The Morgan fingerprint density at radius 2 is 2.00 bits per heavy atom. The van der Waals surface area contributed by atoms with Gasteiger partial charge < -0.3 is 14.4 Å². The van der Waals surface area contributed by atoms with Gasteiger partial charge in [-0.3, -0.25) is 19.7 Å². The lowest BCUT2D eigenvalue weighted by Gasteiger charge is -2.24. The van der Waals surface area contributed by atoms with E-state index in [-0.39, 0.29) is 54.4 Å². The van der Waals surface area contributed by atoms with Gasteiger partial charge in [0.05, 0.1) is 25.1 Å². The first-order valence-corrected chi connectivity index (χ1v) is 8.07. The molecule has 0 saturated heterocycles. The molecule has 25 heavy (non-hydrogen) atoms. The molecule has 0 aromatic heterocycles. The number of nitro benzene ring substituents is 1. The molecule has 8 nitrogen and oxygen atoms in total. The van der Waals surface area contributed by atoms with Gasteiger partial charge in [-0.1, -0.05) is 13.8 Å². The average Bonchev–Trinajstić information content (AvgIpc) is 2.57. The first-order chi connectivity index (χ1) is 11.8. The molecule has 1 aromatic carbocycles. The maximum Gasteiger partial charge on any atom is 0.311 e. The third-order valence-corrected chi connectivity index (χ3v) is 3.39. The van der Waals surface area contributed by atoms with Gasteiger partial charge in [0, 0.05) is 24.7 Å². The zero-order chi connectivity index (χ0) is 19.0. The van der Waals surface area contributed by atoms with E-state index >= 15 is 0 Å². The van der Waals surface area contributed by atoms with Gasteiger partial charge in [-0.05, 0) is 25.0 Å². The predicted octanol–water partition coefficient (Wildman–Crippen LogP) is 2.65. The monoisotopic (exact) mass is 352 g/mol. The number of ether oxygens (including phenoxy) is 2. The number of carbonyl (C=O) groups is 2. The zero-order valence-electron chi connectivity index (χ0n) is 15.0. The summed E-state index contributed by atoms with van der Waals surface area (Å²) in [5, 5.41) is 11.1. The van der Waals surface area contributed by atoms with Crippen LogP contribution in [0.15, 0.2) is 18.2 Å². The summed E-state index contributed by atoms with van der Waals surface area (Å²) >= 11 is 0. The van der Waals surface area contributed by atoms with Crippen molar-refractivity contribution in [3.63, 3.8) is 0 Å². The number of amides is 1. The van der Waals surface area contributed by atoms with Crippen LogP contribution in [-0.4, -0.2) is 48.5 Å². The fourth-order valence-corrected chi connectivity index (χ4v) is 2.32. The molecule has 138 valence electrons. The van der Waals surface area contributed by atoms with Crippen LogP contribution >= 0.6 is 0 Å². The molecule has 0 heterocycles. The van der Waals surface area contributed by atoms with Gasteiger partial charge in [0.25, 0.3) is 5.91 Å². The molecule has 0 spiro atoms. The summed E-state index contributed by atoms with van der Waals surface area (Å²) in [6, 6.07) is 4.06. The standard InChI is InChI=1S/C17H24N2O6/c1-5-25-16(20)8-9-18(11-12(2)3)17(21)13-6-7-15(24-4)14(10-13)19(22)23/h6-7,10,12H,5,8-9,11H2,1-4H3. The fraction of sp³-hybridized carbons (Fsp3) is 0.529. The van der Waals surface area contributed by atoms with Crippen molar-refractivity contribution < 1.29 is 24.0 Å². The van der Waals surface area contributed by atoms with Crippen molar-refractivity contribution in [1.82, 2.24) is 4.90 Å². The second-order valence-electron chi connectivity index (χ2n) is 5.84. The van der Waals surface area contributed by atoms with Crippen molar-refractivity contribution in [1.29, 1.82) is 0 Å². The van der Waals surface area contributed by atoms with E-state index in [2.05, 4.69) is 0 Å². The molecule has 0 radical (unpaired) electrons. The summed E-state index contributed by atoms with van der Waals surface area (Å²) in [4.78, 5) is 36.3. The Morgan fingerprint density at radius 3 is 2.52 bits per heavy atom. The predicted molar refractivity (Wildman–Crippen MR) is 91.6 cm³/mol. The lowest BCUT2D eigenvalue weighted by molar-refractivity contribution is -0.385. The Hall–Kier alpha value is -2.64. The minimum atomic E-state index is -0.596. The largest absolute Gasteiger partial charge is 0.490 e. The van der Waals surface area contributed by atoms with Crippen molar-refractivity contribution in [2.75, 3.05) is 26.8 Å². The molecule has 1 amide bonds. The number of carbonyl (C=O) groups excluding carboxylic acids is 2. The number of hydrogen-bond acceptors (Lipinski definition) is 6. The molecule has 0 atom stereocenters. The van der Waals surface area contributed by atoms with Crippen LogP contribution in [0.5, 0.6) is 5.75 Å². The quantitative estimate of drug-likeness (QED) is 0.385. The van der Waals surface area contributed by atoms with Crippen molar-refractivity contribution >= 4 is 17.6 Å². The number of nitro groups is 1. The summed E-state index contributed by atoms with van der Waals surface area (Å²) in [6.07, 6.45) is 0.0740. The highest BCUT2D eigenvalue weighted by Gasteiger charge is 2.23. The number of benzene rings is 1. The van der Waals surface area contributed by atoms with Crippen molar-refractivity contribution in [2.45, 2.75) is 27.2 Å². The van der Waals surface area contributed by atoms with Gasteiger partial charge in [-0.15, -0.1) is 0 Å². The molecule has 0 bridgehead atoms. The summed E-state index contributed by atoms with van der Waals surface area (Å²) in [5.74, 6) is -0.489. The molecule has 0 aliphatic rings. The molecule has 1 aromatic rings. The molecule has 0 saturated carbocycles. The van der Waals surface area contributed by atoms with Crippen LogP contribution in [0.4, 0.5) is 5.69 Å². The van der Waals surface area contributed by atoms with Crippen LogP contribution in [0.2, 0.25) is 0 Å². The lowest BCUT2D eigenvalue weighted by atomic mass is 10.1. The van der Waals surface area contributed by atoms with Gasteiger partial charge in [0.1, 0.15) is 0 Å². The van der Waals surface area contributed by atoms with Crippen LogP contribution in [0.25, 0.3) is 0 Å². The normalized spacial score (nSPS) is 10.4. The zero-order valence-corrected chi connectivity index (χ0v) is 15.0. The summed E-state index contributed by atoms with van der Waals surface area (Å²) in [6.45, 7) is 6.50. The highest BCUT2D eigenvalue weighted by atomic mass is 16.6. The highest BCUT2D eigenvalue weighted by molar-refractivity contribution is 5.95. The first kappa shape index (κ1) is 20.4. The minimum Gasteiger partial charge on any atom is -0.490 e. The Kier molecular flexibility index (Phi) is 7.84. The van der Waals surface area contributed by atoms with E-state index in [1.807, 2.05) is 13.8 Å². The van der Waals surface area contributed by atoms with Crippen LogP contribution in [0.3, 0.4) is 0 Å². The minimum absolute atomic E-state index is 0.0740. The highest BCUT2D eigenvalue weighted by Crippen LogP contribution is 2.28. The van der Waals surface area contributed by atoms with Crippen LogP contribution in [-0.2, 0) is 9.53 Å². The maximum absolute atomic E-state index is 12.7. The van der Waals surface area contributed by atoms with Gasteiger partial charge in [-0.25, -0.2) is 0 Å². The van der Waals surface area contributed by atoms with E-state index in [0.717, 1.165) is 0 Å². The molecule has 0 unspecified atom stereocenters. The van der Waals surface area contributed by atoms with Crippen molar-refractivity contribution in [2.24, 2.45) is 5.92 Å². The molecule has 0 aliphatic carbocycles. The average molecular weight is 352 g/mol. The van der Waals surface area contributed by atoms with E-state index in [0.29, 0.717) is 6.54 Å². The second-order valence-corrected chi connectivity index (χ2v) is 5.84. The van der Waals surface area contributed by atoms with E-state index in [1.54, 1.807) is 6.92 Å². The number of rotatable bonds is 9. The molecule has 0 N–H and O–H groups in total. The second kappa shape index (κ2) is 9.61. The van der Waals surface area contributed by atoms with E-state index < -0.39 is 4.92 Å². The van der Waals surface area contributed by atoms with Gasteiger partial charge >= 0.3 is 11.7 Å². The topological polar surface area (TPSA) is 99.0 Å². The van der Waals surface area contributed by atoms with Gasteiger partial charge in [0.2, 0.25) is 0 Å². The third kappa shape index (κ3) is 6.06. The number of hydrogen-bond donors (Lipinski definition) is 0. The number of methoxy groups -OCH3 is 1. The third-order valence-electron chi connectivity index (χ3n) is 3.39. The molecule has 8 heteroatoms. The fourth-order valence-electron chi connectivity index (χ4n) is 2.32. The van der Waals surface area contributed by atoms with Crippen LogP contribution in [0.1, 0.15) is 37.6 Å². The summed E-state index contributed by atoms with van der Waals surface area (Å²) < 4.78 is 9.83. The molecular weight excluding hydrogens is 328 g/mol. The van der Waals surface area contributed by atoms with E-state index in [1.165, 1.54) is 30.2 Å². The molecular formula is C17H24N2O6. The van der Waals surface area contributed by atoms with E-state index in [9.17, 15) is 19.7 Å². The molecule has 0 aliphatic heterocycles.